The van der Waals surface area contributed by atoms with E-state index >= 15 is 0 Å². The van der Waals surface area contributed by atoms with Gasteiger partial charge >= 0.3 is 5.69 Å². The average molecular weight is 371 g/mol. The van der Waals surface area contributed by atoms with E-state index in [9.17, 15) is 14.7 Å². The molecule has 0 aliphatic rings. The summed E-state index contributed by atoms with van der Waals surface area (Å²) in [7, 11) is 4.60. The Morgan fingerprint density at radius 2 is 1.85 bits per heavy atom. The summed E-state index contributed by atoms with van der Waals surface area (Å²) in [5.74, 6) is 0.0940. The van der Waals surface area contributed by atoms with E-state index in [0.717, 1.165) is 10.1 Å². The van der Waals surface area contributed by atoms with Gasteiger partial charge in [-0.1, -0.05) is 40.7 Å². The Labute approximate surface area is 154 Å². The summed E-state index contributed by atoms with van der Waals surface area (Å²) < 4.78 is 2.25. The Morgan fingerprint density at radius 3 is 2.52 bits per heavy atom. The molecule has 0 saturated heterocycles. The summed E-state index contributed by atoms with van der Waals surface area (Å²) in [6.07, 6.45) is -0.751. The first-order chi connectivity index (χ1) is 12.8. The summed E-state index contributed by atoms with van der Waals surface area (Å²) in [5, 5.41) is 20.0. The van der Waals surface area contributed by atoms with E-state index < -0.39 is 17.4 Å². The van der Waals surface area contributed by atoms with Gasteiger partial charge in [0.05, 0.1) is 6.04 Å². The molecule has 2 atom stereocenters. The van der Waals surface area contributed by atoms with Crippen molar-refractivity contribution in [3.63, 3.8) is 0 Å². The lowest BCUT2D eigenvalue weighted by atomic mass is 10.0. The van der Waals surface area contributed by atoms with Crippen molar-refractivity contribution in [2.75, 3.05) is 7.05 Å². The Morgan fingerprint density at radius 1 is 1.19 bits per heavy atom. The van der Waals surface area contributed by atoms with Crippen LogP contribution in [0.2, 0.25) is 0 Å². The number of nitrogens with one attached hydrogen (secondary N) is 1. The topological polar surface area (TPSA) is 121 Å². The van der Waals surface area contributed by atoms with Gasteiger partial charge in [-0.05, 0) is 12.5 Å². The maximum atomic E-state index is 12.2. The zero-order chi connectivity index (χ0) is 19.7. The molecule has 1 aromatic carbocycles. The first kappa shape index (κ1) is 18.5. The van der Waals surface area contributed by atoms with E-state index in [1.807, 2.05) is 37.3 Å². The highest BCUT2D eigenvalue weighted by Gasteiger charge is 2.20. The van der Waals surface area contributed by atoms with E-state index in [1.54, 1.807) is 7.05 Å². The molecule has 27 heavy (non-hydrogen) atoms. The van der Waals surface area contributed by atoms with Gasteiger partial charge in [-0.25, -0.2) is 4.79 Å². The molecular formula is C17H21N7O3. The lowest BCUT2D eigenvalue weighted by Crippen LogP contribution is -2.36. The number of aromatic nitrogens is 4. The number of H-pyrrole nitrogens is 1. The first-order valence-corrected chi connectivity index (χ1v) is 8.34. The molecule has 2 aromatic heterocycles. The van der Waals surface area contributed by atoms with Crippen LogP contribution in [0.1, 0.15) is 18.6 Å². The van der Waals surface area contributed by atoms with Gasteiger partial charge in [0, 0.05) is 21.1 Å². The Bertz CT molecular complexity index is 1100. The Kier molecular flexibility index (Phi) is 4.91. The minimum absolute atomic E-state index is 0.0940. The number of hydrogen-bond acceptors (Lipinski definition) is 6. The van der Waals surface area contributed by atoms with Crippen molar-refractivity contribution >= 4 is 17.1 Å². The zero-order valence-corrected chi connectivity index (χ0v) is 15.5. The molecule has 2 heterocycles. The predicted octanol–water partition coefficient (Wildman–Crippen LogP) is 1.01. The fourth-order valence-corrected chi connectivity index (χ4v) is 2.69. The number of aliphatic hydroxyl groups excluding tert-OH is 1. The third-order valence-corrected chi connectivity index (χ3v) is 4.55. The van der Waals surface area contributed by atoms with Crippen LogP contribution in [0.25, 0.3) is 11.2 Å². The molecule has 0 unspecified atom stereocenters. The molecule has 0 radical (unpaired) electrons. The number of benzene rings is 1. The number of likely N-dealkylation sites (N-methyl/N-ethyl adjacent to an activating group) is 1. The second kappa shape index (κ2) is 7.16. The SMILES string of the molecule is C[C@H]([C@@H](O)c1ccccc1)N(C)/N=N/c1nc2c([nH]1)c(=O)n(C)c(=O)n2C. The van der Waals surface area contributed by atoms with Crippen molar-refractivity contribution in [3.8, 4) is 0 Å². The first-order valence-electron chi connectivity index (χ1n) is 8.34. The van der Waals surface area contributed by atoms with Gasteiger partial charge in [-0.2, -0.15) is 4.98 Å². The Hall–Kier alpha value is -3.27. The zero-order valence-electron chi connectivity index (χ0n) is 15.5. The molecule has 0 aliphatic carbocycles. The van der Waals surface area contributed by atoms with Crippen molar-refractivity contribution in [2.24, 2.45) is 24.4 Å². The molecule has 0 aliphatic heterocycles. The van der Waals surface area contributed by atoms with Crippen LogP contribution in [0.5, 0.6) is 0 Å². The molecule has 3 rings (SSSR count). The molecule has 0 saturated carbocycles. The monoisotopic (exact) mass is 371 g/mol. The standard InChI is InChI=1S/C17H21N7O3/c1-10(13(25)11-8-6-5-7-9-11)24(4)21-20-16-18-12-14(19-16)22(2)17(27)23(3)15(12)26/h5-10,13,25H,1-4H3,(H,18,19)/b21-20+/t10-,13-/m1/s1. The molecule has 3 aromatic rings. The molecule has 0 amide bonds. The van der Waals surface area contributed by atoms with Crippen molar-refractivity contribution < 1.29 is 5.11 Å². The van der Waals surface area contributed by atoms with Crippen LogP contribution in [0.3, 0.4) is 0 Å². The van der Waals surface area contributed by atoms with Gasteiger partial charge < -0.3 is 10.1 Å². The number of aromatic amines is 1. The minimum atomic E-state index is -0.751. The quantitative estimate of drug-likeness (QED) is 0.512. The lowest BCUT2D eigenvalue weighted by Gasteiger charge is -2.25. The van der Waals surface area contributed by atoms with Crippen LogP contribution < -0.4 is 11.2 Å². The van der Waals surface area contributed by atoms with Gasteiger partial charge in [0.1, 0.15) is 6.10 Å². The maximum Gasteiger partial charge on any atom is 0.332 e. The second-order valence-electron chi connectivity index (χ2n) is 6.32. The number of aliphatic hydroxyl groups is 1. The minimum Gasteiger partial charge on any atom is -0.386 e. The highest BCUT2D eigenvalue weighted by atomic mass is 16.3. The number of aryl methyl sites for hydroxylation is 1. The second-order valence-corrected chi connectivity index (χ2v) is 6.32. The molecule has 0 spiro atoms. The predicted molar refractivity (Wildman–Crippen MR) is 99.7 cm³/mol. The van der Waals surface area contributed by atoms with Crippen LogP contribution in [-0.2, 0) is 14.1 Å². The number of nitrogens with zero attached hydrogens (tertiary/aromatic N) is 6. The fraction of sp³-hybridized carbons (Fsp3) is 0.353. The third-order valence-electron chi connectivity index (χ3n) is 4.55. The van der Waals surface area contributed by atoms with Crippen LogP contribution in [-0.4, -0.2) is 42.3 Å². The highest BCUT2D eigenvalue weighted by molar-refractivity contribution is 5.71. The van der Waals surface area contributed by atoms with E-state index in [-0.39, 0.29) is 23.2 Å². The van der Waals surface area contributed by atoms with E-state index in [4.69, 9.17) is 0 Å². The van der Waals surface area contributed by atoms with Crippen LogP contribution in [0.4, 0.5) is 5.95 Å². The van der Waals surface area contributed by atoms with Gasteiger partial charge in [-0.3, -0.25) is 18.9 Å². The molecule has 10 heteroatoms. The van der Waals surface area contributed by atoms with Crippen LogP contribution in [0, 0.1) is 0 Å². The number of imidazole rings is 1. The summed E-state index contributed by atoms with van der Waals surface area (Å²) >= 11 is 0. The fourth-order valence-electron chi connectivity index (χ4n) is 2.69. The van der Waals surface area contributed by atoms with Crippen molar-refractivity contribution in [2.45, 2.75) is 19.1 Å². The molecule has 10 nitrogen and oxygen atoms in total. The number of fused-ring (bicyclic) bond motifs is 1. The molecule has 2 N–H and O–H groups in total. The molecule has 0 fully saturated rings. The normalized spacial score (nSPS) is 14.0. The van der Waals surface area contributed by atoms with Gasteiger partial charge in [-0.15, -0.1) is 0 Å². The maximum absolute atomic E-state index is 12.2. The molecular weight excluding hydrogens is 350 g/mol. The van der Waals surface area contributed by atoms with E-state index in [1.165, 1.54) is 23.7 Å². The molecule has 0 bridgehead atoms. The van der Waals surface area contributed by atoms with Gasteiger partial charge in [0.25, 0.3) is 11.5 Å². The van der Waals surface area contributed by atoms with Gasteiger partial charge in [0.15, 0.2) is 11.2 Å². The lowest BCUT2D eigenvalue weighted by molar-refractivity contribution is 0.0700. The van der Waals surface area contributed by atoms with E-state index in [2.05, 4.69) is 20.3 Å². The summed E-state index contributed by atoms with van der Waals surface area (Å²) in [6, 6.07) is 8.91. The largest absolute Gasteiger partial charge is 0.386 e. The highest BCUT2D eigenvalue weighted by Crippen LogP contribution is 2.21. The van der Waals surface area contributed by atoms with Crippen molar-refractivity contribution in [1.82, 2.24) is 24.1 Å². The molecule has 142 valence electrons. The third kappa shape index (κ3) is 3.38. The smallest absolute Gasteiger partial charge is 0.332 e. The van der Waals surface area contributed by atoms with Crippen LogP contribution >= 0.6 is 0 Å². The average Bonchev–Trinajstić information content (AvgIpc) is 3.13. The Balaban J connectivity index is 1.85. The van der Waals surface area contributed by atoms with Crippen LogP contribution in [0.15, 0.2) is 50.3 Å². The summed E-state index contributed by atoms with van der Waals surface area (Å²) in [5.41, 5.74) is 0.197. The van der Waals surface area contributed by atoms with Gasteiger partial charge in [0.2, 0.25) is 0 Å². The number of hydrogen-bond donors (Lipinski definition) is 2. The summed E-state index contributed by atoms with van der Waals surface area (Å²) in [4.78, 5) is 31.1. The van der Waals surface area contributed by atoms with Crippen molar-refractivity contribution in [3.05, 3.63) is 56.7 Å². The van der Waals surface area contributed by atoms with Crippen molar-refractivity contribution in [1.29, 1.82) is 0 Å². The summed E-state index contributed by atoms with van der Waals surface area (Å²) in [6.45, 7) is 1.81. The van der Waals surface area contributed by atoms with E-state index in [0.29, 0.717) is 0 Å². The number of rotatable bonds is 5.